The summed E-state index contributed by atoms with van der Waals surface area (Å²) in [6.07, 6.45) is 0. The van der Waals surface area contributed by atoms with Crippen LogP contribution in [0.25, 0.3) is 10.9 Å². The van der Waals surface area contributed by atoms with Gasteiger partial charge < -0.3 is 10.7 Å². The standard InChI is InChI=1S/C16H10ClN3O/c17-11-4-5-12-13(7-11)20-15(14(12)19)16(21)10-3-1-2-9(6-10)8-18/h1-7,20H,19H2. The molecule has 3 aromatic rings. The van der Waals surface area contributed by atoms with E-state index in [9.17, 15) is 4.79 Å². The topological polar surface area (TPSA) is 82.7 Å². The number of hydrogen-bond donors (Lipinski definition) is 2. The van der Waals surface area contributed by atoms with Crippen LogP contribution in [0.15, 0.2) is 42.5 Å². The monoisotopic (exact) mass is 295 g/mol. The number of nitrogens with zero attached hydrogens (tertiary/aromatic N) is 1. The van der Waals surface area contributed by atoms with E-state index in [2.05, 4.69) is 4.98 Å². The minimum atomic E-state index is -0.253. The van der Waals surface area contributed by atoms with Crippen molar-refractivity contribution >= 4 is 34.0 Å². The fourth-order valence-electron chi connectivity index (χ4n) is 2.24. The van der Waals surface area contributed by atoms with E-state index >= 15 is 0 Å². The molecule has 1 heterocycles. The Kier molecular flexibility index (Phi) is 3.13. The van der Waals surface area contributed by atoms with E-state index < -0.39 is 0 Å². The number of H-pyrrole nitrogens is 1. The third kappa shape index (κ3) is 2.24. The summed E-state index contributed by atoms with van der Waals surface area (Å²) in [4.78, 5) is 15.5. The molecule has 5 heteroatoms. The van der Waals surface area contributed by atoms with Crippen molar-refractivity contribution in [2.24, 2.45) is 0 Å². The van der Waals surface area contributed by atoms with Gasteiger partial charge in [-0.05, 0) is 30.3 Å². The Morgan fingerprint density at radius 2 is 2.05 bits per heavy atom. The molecule has 2 aromatic carbocycles. The van der Waals surface area contributed by atoms with Gasteiger partial charge in [0, 0.05) is 21.5 Å². The second-order valence-corrected chi connectivity index (χ2v) is 5.06. The molecular formula is C16H10ClN3O. The lowest BCUT2D eigenvalue weighted by Gasteiger charge is -2.00. The molecule has 102 valence electrons. The van der Waals surface area contributed by atoms with E-state index in [0.29, 0.717) is 33.0 Å². The van der Waals surface area contributed by atoms with Crippen LogP contribution in [0.1, 0.15) is 21.6 Å². The van der Waals surface area contributed by atoms with Crippen molar-refractivity contribution in [2.75, 3.05) is 5.73 Å². The summed E-state index contributed by atoms with van der Waals surface area (Å²) in [7, 11) is 0. The van der Waals surface area contributed by atoms with Crippen molar-refractivity contribution in [2.45, 2.75) is 0 Å². The number of nitrogens with two attached hydrogens (primary N) is 1. The Labute approximate surface area is 125 Å². The van der Waals surface area contributed by atoms with Crippen LogP contribution in [0, 0.1) is 11.3 Å². The van der Waals surface area contributed by atoms with Crippen LogP contribution in [0.3, 0.4) is 0 Å². The minimum Gasteiger partial charge on any atom is -0.396 e. The first-order valence-corrected chi connectivity index (χ1v) is 6.59. The van der Waals surface area contributed by atoms with Gasteiger partial charge in [0.15, 0.2) is 0 Å². The highest BCUT2D eigenvalue weighted by Gasteiger charge is 2.17. The van der Waals surface area contributed by atoms with Crippen LogP contribution in [-0.4, -0.2) is 10.8 Å². The molecule has 0 radical (unpaired) electrons. The molecule has 0 saturated heterocycles. The second kappa shape index (κ2) is 4.97. The van der Waals surface area contributed by atoms with Gasteiger partial charge in [-0.2, -0.15) is 5.26 Å². The molecule has 0 fully saturated rings. The molecule has 0 atom stereocenters. The fraction of sp³-hybridized carbons (Fsp3) is 0. The van der Waals surface area contributed by atoms with Gasteiger partial charge in [-0.3, -0.25) is 4.79 Å². The van der Waals surface area contributed by atoms with Crippen LogP contribution in [0.2, 0.25) is 5.02 Å². The number of rotatable bonds is 2. The number of carbonyl (C=O) groups excluding carboxylic acids is 1. The molecule has 0 aliphatic heterocycles. The number of aromatic amines is 1. The zero-order valence-corrected chi connectivity index (χ0v) is 11.6. The van der Waals surface area contributed by atoms with Crippen LogP contribution >= 0.6 is 11.6 Å². The summed E-state index contributed by atoms with van der Waals surface area (Å²) in [5.74, 6) is -0.253. The maximum atomic E-state index is 12.5. The Morgan fingerprint density at radius 1 is 1.24 bits per heavy atom. The molecule has 21 heavy (non-hydrogen) atoms. The minimum absolute atomic E-state index is 0.253. The summed E-state index contributed by atoms with van der Waals surface area (Å²) in [6.45, 7) is 0. The van der Waals surface area contributed by atoms with Crippen LogP contribution in [-0.2, 0) is 0 Å². The van der Waals surface area contributed by atoms with Gasteiger partial charge in [0.05, 0.1) is 17.3 Å². The zero-order valence-electron chi connectivity index (χ0n) is 10.9. The van der Waals surface area contributed by atoms with Crippen LogP contribution < -0.4 is 5.73 Å². The zero-order chi connectivity index (χ0) is 15.0. The number of nitriles is 1. The number of nitrogens with one attached hydrogen (secondary N) is 1. The maximum Gasteiger partial charge on any atom is 0.211 e. The predicted octanol–water partition coefficient (Wildman–Crippen LogP) is 3.51. The van der Waals surface area contributed by atoms with Crippen molar-refractivity contribution in [3.05, 3.63) is 64.3 Å². The van der Waals surface area contributed by atoms with Crippen LogP contribution in [0.4, 0.5) is 5.69 Å². The Morgan fingerprint density at radius 3 is 2.81 bits per heavy atom. The maximum absolute atomic E-state index is 12.5. The van der Waals surface area contributed by atoms with E-state index in [1.807, 2.05) is 6.07 Å². The Balaban J connectivity index is 2.13. The number of aromatic nitrogens is 1. The first kappa shape index (κ1) is 13.2. The van der Waals surface area contributed by atoms with Crippen molar-refractivity contribution in [1.82, 2.24) is 4.98 Å². The van der Waals surface area contributed by atoms with E-state index in [4.69, 9.17) is 22.6 Å². The normalized spacial score (nSPS) is 10.5. The molecule has 0 amide bonds. The van der Waals surface area contributed by atoms with Gasteiger partial charge in [0.25, 0.3) is 0 Å². The number of benzene rings is 2. The lowest BCUT2D eigenvalue weighted by atomic mass is 10.0. The number of ketones is 1. The first-order chi connectivity index (χ1) is 10.1. The summed E-state index contributed by atoms with van der Waals surface area (Å²) in [6, 6.07) is 13.7. The summed E-state index contributed by atoms with van der Waals surface area (Å²) >= 11 is 5.93. The fourth-order valence-corrected chi connectivity index (χ4v) is 2.42. The van der Waals surface area contributed by atoms with Crippen molar-refractivity contribution in [3.8, 4) is 6.07 Å². The molecule has 0 aliphatic rings. The summed E-state index contributed by atoms with van der Waals surface area (Å²) in [5.41, 5.74) is 8.28. The van der Waals surface area contributed by atoms with E-state index in [-0.39, 0.29) is 5.78 Å². The number of hydrogen-bond acceptors (Lipinski definition) is 3. The molecule has 0 aliphatic carbocycles. The second-order valence-electron chi connectivity index (χ2n) is 4.63. The van der Waals surface area contributed by atoms with Crippen LogP contribution in [0.5, 0.6) is 0 Å². The first-order valence-electron chi connectivity index (χ1n) is 6.21. The van der Waals surface area contributed by atoms with Gasteiger partial charge in [-0.1, -0.05) is 23.7 Å². The molecule has 0 saturated carbocycles. The molecule has 3 rings (SSSR count). The van der Waals surface area contributed by atoms with Crippen molar-refractivity contribution in [1.29, 1.82) is 5.26 Å². The molecule has 4 nitrogen and oxygen atoms in total. The number of fused-ring (bicyclic) bond motifs is 1. The third-order valence-electron chi connectivity index (χ3n) is 3.28. The highest BCUT2D eigenvalue weighted by atomic mass is 35.5. The predicted molar refractivity (Wildman–Crippen MR) is 82.3 cm³/mol. The SMILES string of the molecule is N#Cc1cccc(C(=O)c2[nH]c3cc(Cl)ccc3c2N)c1. The molecule has 0 unspecified atom stereocenters. The number of carbonyl (C=O) groups is 1. The summed E-state index contributed by atoms with van der Waals surface area (Å²) in [5, 5.41) is 10.2. The van der Waals surface area contributed by atoms with Gasteiger partial charge in [-0.15, -0.1) is 0 Å². The van der Waals surface area contributed by atoms with Gasteiger partial charge in [-0.25, -0.2) is 0 Å². The Bertz CT molecular complexity index is 906. The molecule has 1 aromatic heterocycles. The molecule has 0 bridgehead atoms. The average Bonchev–Trinajstić information content (AvgIpc) is 2.83. The van der Waals surface area contributed by atoms with Gasteiger partial charge in [0.2, 0.25) is 5.78 Å². The average molecular weight is 296 g/mol. The smallest absolute Gasteiger partial charge is 0.211 e. The number of halogens is 1. The Hall–Kier alpha value is -2.77. The lowest BCUT2D eigenvalue weighted by molar-refractivity contribution is 0.103. The largest absolute Gasteiger partial charge is 0.396 e. The van der Waals surface area contributed by atoms with Crippen molar-refractivity contribution < 1.29 is 4.79 Å². The molecular weight excluding hydrogens is 286 g/mol. The van der Waals surface area contributed by atoms with Crippen molar-refractivity contribution in [3.63, 3.8) is 0 Å². The van der Waals surface area contributed by atoms with Gasteiger partial charge >= 0.3 is 0 Å². The highest BCUT2D eigenvalue weighted by Crippen LogP contribution is 2.28. The van der Waals surface area contributed by atoms with Gasteiger partial charge in [0.1, 0.15) is 5.69 Å². The quantitative estimate of drug-likeness (QED) is 0.710. The lowest BCUT2D eigenvalue weighted by Crippen LogP contribution is -2.05. The van der Waals surface area contributed by atoms with E-state index in [0.717, 1.165) is 5.39 Å². The molecule has 3 N–H and O–H groups in total. The van der Waals surface area contributed by atoms with E-state index in [1.54, 1.807) is 42.5 Å². The number of anilines is 1. The highest BCUT2D eigenvalue weighted by molar-refractivity contribution is 6.31. The summed E-state index contributed by atoms with van der Waals surface area (Å²) < 4.78 is 0. The molecule has 0 spiro atoms. The van der Waals surface area contributed by atoms with E-state index in [1.165, 1.54) is 0 Å². The third-order valence-corrected chi connectivity index (χ3v) is 3.52. The number of nitrogen functional groups attached to an aromatic ring is 1.